The average molecular weight is 388 g/mol. The molecular weight excluding hydrogens is 362 g/mol. The predicted octanol–water partition coefficient (Wildman–Crippen LogP) is 3.25. The highest BCUT2D eigenvalue weighted by Crippen LogP contribution is 2.28. The molecule has 0 aromatic heterocycles. The van der Waals surface area contributed by atoms with Crippen LogP contribution >= 0.6 is 0 Å². The molecule has 0 heterocycles. The number of nitrogens with one attached hydrogen (secondary N) is 2. The molecule has 4 N–H and O–H groups in total. The topological polar surface area (TPSA) is 101 Å². The monoisotopic (exact) mass is 387 g/mol. The Kier molecular flexibility index (Phi) is 5.82. The van der Waals surface area contributed by atoms with Gasteiger partial charge in [-0.05, 0) is 55.5 Å². The normalized spacial score (nSPS) is 19.6. The molecule has 27 heavy (non-hydrogen) atoms. The standard InChI is InChI=1S/C20H25N3O3S/c1-14-10-11-17(22-20(24)12-15-6-5-9-18(15)21)13-19(14)27(25,26)23-16-7-3-2-4-8-16/h2-4,7-8,10-11,13,15,18,23H,5-6,9,12,21H2,1H3,(H,22,24)/t15-,18+/m0/s1. The van der Waals surface area contributed by atoms with Crippen LogP contribution < -0.4 is 15.8 Å². The molecule has 0 bridgehead atoms. The smallest absolute Gasteiger partial charge is 0.262 e. The summed E-state index contributed by atoms with van der Waals surface area (Å²) < 4.78 is 28.0. The van der Waals surface area contributed by atoms with E-state index in [1.54, 1.807) is 43.3 Å². The van der Waals surface area contributed by atoms with Crippen LogP contribution in [0.3, 0.4) is 0 Å². The molecule has 2 atom stereocenters. The minimum absolute atomic E-state index is 0.0692. The van der Waals surface area contributed by atoms with Gasteiger partial charge in [0.05, 0.1) is 4.90 Å². The maximum atomic E-state index is 12.7. The Labute approximate surface area is 160 Å². The molecule has 1 aliphatic rings. The Morgan fingerprint density at radius 3 is 2.52 bits per heavy atom. The lowest BCUT2D eigenvalue weighted by Crippen LogP contribution is -2.28. The lowest BCUT2D eigenvalue weighted by Gasteiger charge is -2.16. The first kappa shape index (κ1) is 19.4. The Morgan fingerprint density at radius 1 is 1.11 bits per heavy atom. The molecule has 6 nitrogen and oxygen atoms in total. The first-order chi connectivity index (χ1) is 12.8. The second-order valence-electron chi connectivity index (χ2n) is 7.06. The zero-order chi connectivity index (χ0) is 19.4. The number of para-hydroxylation sites is 1. The number of sulfonamides is 1. The molecule has 1 fully saturated rings. The Bertz CT molecular complexity index is 913. The number of anilines is 2. The number of rotatable bonds is 6. The number of benzene rings is 2. The molecule has 1 saturated carbocycles. The number of amides is 1. The van der Waals surface area contributed by atoms with Gasteiger partial charge in [0.25, 0.3) is 10.0 Å². The molecule has 0 saturated heterocycles. The molecule has 7 heteroatoms. The lowest BCUT2D eigenvalue weighted by atomic mass is 10.00. The fraction of sp³-hybridized carbons (Fsp3) is 0.350. The zero-order valence-electron chi connectivity index (χ0n) is 15.3. The fourth-order valence-corrected chi connectivity index (χ4v) is 4.78. The van der Waals surface area contributed by atoms with Crippen molar-refractivity contribution in [2.45, 2.75) is 43.5 Å². The van der Waals surface area contributed by atoms with Gasteiger partial charge in [-0.15, -0.1) is 0 Å². The van der Waals surface area contributed by atoms with Gasteiger partial charge >= 0.3 is 0 Å². The van der Waals surface area contributed by atoms with E-state index in [1.165, 1.54) is 6.07 Å². The third-order valence-electron chi connectivity index (χ3n) is 4.95. The second kappa shape index (κ2) is 8.10. The highest BCUT2D eigenvalue weighted by Gasteiger charge is 2.26. The second-order valence-corrected chi connectivity index (χ2v) is 8.71. The Balaban J connectivity index is 1.74. The highest BCUT2D eigenvalue weighted by atomic mass is 32.2. The van der Waals surface area contributed by atoms with Crippen LogP contribution in [-0.2, 0) is 14.8 Å². The van der Waals surface area contributed by atoms with Gasteiger partial charge in [-0.25, -0.2) is 8.42 Å². The first-order valence-corrected chi connectivity index (χ1v) is 10.6. The summed E-state index contributed by atoms with van der Waals surface area (Å²) in [6, 6.07) is 13.7. The van der Waals surface area contributed by atoms with Crippen LogP contribution in [0.2, 0.25) is 0 Å². The predicted molar refractivity (Wildman–Crippen MR) is 107 cm³/mol. The van der Waals surface area contributed by atoms with Gasteiger partial charge in [-0.2, -0.15) is 0 Å². The van der Waals surface area contributed by atoms with E-state index in [0.717, 1.165) is 19.3 Å². The van der Waals surface area contributed by atoms with Crippen molar-refractivity contribution in [3.63, 3.8) is 0 Å². The quantitative estimate of drug-likeness (QED) is 0.708. The van der Waals surface area contributed by atoms with E-state index in [4.69, 9.17) is 5.73 Å². The highest BCUT2D eigenvalue weighted by molar-refractivity contribution is 7.92. The molecule has 1 amide bonds. The zero-order valence-corrected chi connectivity index (χ0v) is 16.1. The Morgan fingerprint density at radius 2 is 1.85 bits per heavy atom. The number of hydrogen-bond acceptors (Lipinski definition) is 4. The summed E-state index contributed by atoms with van der Waals surface area (Å²) in [4.78, 5) is 12.5. The van der Waals surface area contributed by atoms with Crippen molar-refractivity contribution in [1.29, 1.82) is 0 Å². The summed E-state index contributed by atoms with van der Waals surface area (Å²) in [7, 11) is -3.75. The minimum atomic E-state index is -3.75. The van der Waals surface area contributed by atoms with E-state index in [0.29, 0.717) is 23.4 Å². The van der Waals surface area contributed by atoms with Crippen LogP contribution in [0.15, 0.2) is 53.4 Å². The van der Waals surface area contributed by atoms with Crippen LogP contribution in [0.25, 0.3) is 0 Å². The van der Waals surface area contributed by atoms with Gasteiger partial charge in [-0.3, -0.25) is 9.52 Å². The van der Waals surface area contributed by atoms with Crippen molar-refractivity contribution in [2.24, 2.45) is 11.7 Å². The van der Waals surface area contributed by atoms with Gasteiger partial charge in [0.15, 0.2) is 0 Å². The van der Waals surface area contributed by atoms with E-state index >= 15 is 0 Å². The van der Waals surface area contributed by atoms with Crippen molar-refractivity contribution in [2.75, 3.05) is 10.0 Å². The number of carbonyl (C=O) groups excluding carboxylic acids is 1. The molecule has 0 spiro atoms. The minimum Gasteiger partial charge on any atom is -0.327 e. The van der Waals surface area contributed by atoms with Crippen LogP contribution in [-0.4, -0.2) is 20.4 Å². The number of carbonyl (C=O) groups is 1. The van der Waals surface area contributed by atoms with Gasteiger partial charge in [0, 0.05) is 23.8 Å². The summed E-state index contributed by atoms with van der Waals surface area (Å²) >= 11 is 0. The van der Waals surface area contributed by atoms with E-state index in [-0.39, 0.29) is 22.8 Å². The van der Waals surface area contributed by atoms with Gasteiger partial charge < -0.3 is 11.1 Å². The van der Waals surface area contributed by atoms with E-state index in [9.17, 15) is 13.2 Å². The summed E-state index contributed by atoms with van der Waals surface area (Å²) in [5, 5.41) is 2.81. The maximum Gasteiger partial charge on any atom is 0.262 e. The third-order valence-corrected chi connectivity index (χ3v) is 6.48. The largest absolute Gasteiger partial charge is 0.327 e. The van der Waals surface area contributed by atoms with E-state index < -0.39 is 10.0 Å². The van der Waals surface area contributed by atoms with E-state index in [2.05, 4.69) is 10.0 Å². The maximum absolute atomic E-state index is 12.7. The molecule has 0 radical (unpaired) electrons. The molecule has 0 unspecified atom stereocenters. The average Bonchev–Trinajstić information content (AvgIpc) is 3.01. The van der Waals surface area contributed by atoms with Crippen molar-refractivity contribution in [1.82, 2.24) is 0 Å². The summed E-state index contributed by atoms with van der Waals surface area (Å²) in [6.45, 7) is 1.72. The van der Waals surface area contributed by atoms with Crippen LogP contribution in [0.1, 0.15) is 31.2 Å². The first-order valence-electron chi connectivity index (χ1n) is 9.09. The van der Waals surface area contributed by atoms with Crippen LogP contribution in [0.4, 0.5) is 11.4 Å². The van der Waals surface area contributed by atoms with Gasteiger partial charge in [0.2, 0.25) is 5.91 Å². The number of aryl methyl sites for hydroxylation is 1. The summed E-state index contributed by atoms with van der Waals surface area (Å²) in [5.74, 6) is 0.0546. The lowest BCUT2D eigenvalue weighted by molar-refractivity contribution is -0.117. The molecule has 2 aromatic rings. The summed E-state index contributed by atoms with van der Waals surface area (Å²) in [6.07, 6.45) is 3.33. The molecular formula is C20H25N3O3S. The SMILES string of the molecule is Cc1ccc(NC(=O)C[C@@H]2CCC[C@H]2N)cc1S(=O)(=O)Nc1ccccc1. The fourth-order valence-electron chi connectivity index (χ4n) is 3.45. The van der Waals surface area contributed by atoms with Crippen LogP contribution in [0.5, 0.6) is 0 Å². The van der Waals surface area contributed by atoms with Gasteiger partial charge in [-0.1, -0.05) is 30.7 Å². The molecule has 144 valence electrons. The summed E-state index contributed by atoms with van der Waals surface area (Å²) in [5.41, 5.74) is 7.58. The van der Waals surface area contributed by atoms with Gasteiger partial charge in [0.1, 0.15) is 0 Å². The third kappa shape index (κ3) is 4.87. The molecule has 3 rings (SSSR count). The van der Waals surface area contributed by atoms with Crippen molar-refractivity contribution >= 4 is 27.3 Å². The van der Waals surface area contributed by atoms with Crippen molar-refractivity contribution in [3.8, 4) is 0 Å². The van der Waals surface area contributed by atoms with E-state index in [1.807, 2.05) is 6.07 Å². The Hall–Kier alpha value is -2.38. The number of hydrogen-bond donors (Lipinski definition) is 3. The molecule has 2 aromatic carbocycles. The molecule has 1 aliphatic carbocycles. The molecule has 0 aliphatic heterocycles. The number of nitrogens with two attached hydrogens (primary N) is 1. The van der Waals surface area contributed by atoms with Crippen molar-refractivity contribution in [3.05, 3.63) is 54.1 Å². The van der Waals surface area contributed by atoms with Crippen molar-refractivity contribution < 1.29 is 13.2 Å². The van der Waals surface area contributed by atoms with Crippen LogP contribution in [0, 0.1) is 12.8 Å².